The van der Waals surface area contributed by atoms with E-state index in [-0.39, 0.29) is 11.8 Å². The van der Waals surface area contributed by atoms with Crippen LogP contribution in [0, 0.1) is 5.92 Å². The predicted molar refractivity (Wildman–Crippen MR) is 70.8 cm³/mol. The van der Waals surface area contributed by atoms with Crippen LogP contribution in [0.4, 0.5) is 0 Å². The van der Waals surface area contributed by atoms with Crippen molar-refractivity contribution in [3.05, 3.63) is 0 Å². The minimum absolute atomic E-state index is 0.142. The third kappa shape index (κ3) is 8.90. The monoisotopic (exact) mass is 241 g/mol. The maximum absolute atomic E-state index is 11.5. The number of ketones is 1. The molecular weight excluding hydrogens is 214 g/mol. The summed E-state index contributed by atoms with van der Waals surface area (Å²) in [6.45, 7) is 6.79. The molecule has 0 spiro atoms. The Balaban J connectivity index is 3.35. The van der Waals surface area contributed by atoms with Gasteiger partial charge in [0.2, 0.25) is 5.91 Å². The van der Waals surface area contributed by atoms with E-state index in [0.717, 1.165) is 38.6 Å². The summed E-state index contributed by atoms with van der Waals surface area (Å²) >= 11 is 0. The maximum atomic E-state index is 11.5. The van der Waals surface area contributed by atoms with Crippen molar-refractivity contribution in [3.63, 3.8) is 0 Å². The average Bonchev–Trinajstić information content (AvgIpc) is 2.32. The van der Waals surface area contributed by atoms with Gasteiger partial charge in [0.1, 0.15) is 5.78 Å². The van der Waals surface area contributed by atoms with Crippen LogP contribution in [-0.4, -0.2) is 18.2 Å². The van der Waals surface area contributed by atoms with Gasteiger partial charge >= 0.3 is 0 Å². The van der Waals surface area contributed by atoms with E-state index in [1.165, 1.54) is 0 Å². The molecule has 0 aliphatic carbocycles. The molecule has 1 N–H and O–H groups in total. The molecule has 1 amide bonds. The highest BCUT2D eigenvalue weighted by Crippen LogP contribution is 2.09. The Labute approximate surface area is 105 Å². The Morgan fingerprint density at radius 2 is 1.76 bits per heavy atom. The highest BCUT2D eigenvalue weighted by Gasteiger charge is 2.09. The molecule has 100 valence electrons. The second kappa shape index (κ2) is 10.3. The van der Waals surface area contributed by atoms with E-state index in [0.29, 0.717) is 18.6 Å². The van der Waals surface area contributed by atoms with Crippen molar-refractivity contribution in [3.8, 4) is 0 Å². The average molecular weight is 241 g/mol. The molecule has 0 radical (unpaired) electrons. The van der Waals surface area contributed by atoms with Gasteiger partial charge in [-0.3, -0.25) is 9.59 Å². The van der Waals surface area contributed by atoms with Crippen molar-refractivity contribution in [2.24, 2.45) is 5.92 Å². The van der Waals surface area contributed by atoms with E-state index in [1.54, 1.807) is 0 Å². The van der Waals surface area contributed by atoms with Crippen LogP contribution in [0.2, 0.25) is 0 Å². The van der Waals surface area contributed by atoms with Gasteiger partial charge in [0, 0.05) is 25.3 Å². The fraction of sp³-hybridized carbons (Fsp3) is 0.857. The lowest BCUT2D eigenvalue weighted by Crippen LogP contribution is -2.23. The van der Waals surface area contributed by atoms with E-state index in [2.05, 4.69) is 5.32 Å². The zero-order valence-corrected chi connectivity index (χ0v) is 11.6. The summed E-state index contributed by atoms with van der Waals surface area (Å²) in [5.41, 5.74) is 0. The van der Waals surface area contributed by atoms with Crippen molar-refractivity contribution in [2.75, 3.05) is 6.54 Å². The highest BCUT2D eigenvalue weighted by molar-refractivity contribution is 5.80. The van der Waals surface area contributed by atoms with Gasteiger partial charge in [-0.15, -0.1) is 0 Å². The number of amides is 1. The molecule has 0 rings (SSSR count). The van der Waals surface area contributed by atoms with Gasteiger partial charge in [-0.25, -0.2) is 0 Å². The lowest BCUT2D eigenvalue weighted by atomic mass is 9.99. The molecule has 0 aromatic heterocycles. The first-order valence-corrected chi connectivity index (χ1v) is 6.91. The highest BCUT2D eigenvalue weighted by atomic mass is 16.1. The molecule has 0 aromatic carbocycles. The van der Waals surface area contributed by atoms with Crippen LogP contribution < -0.4 is 5.32 Å². The molecular formula is C14H27NO2. The van der Waals surface area contributed by atoms with Gasteiger partial charge in [0.05, 0.1) is 0 Å². The smallest absolute Gasteiger partial charge is 0.219 e. The van der Waals surface area contributed by atoms with Gasteiger partial charge in [-0.1, -0.05) is 27.2 Å². The Kier molecular flexibility index (Phi) is 9.78. The van der Waals surface area contributed by atoms with Crippen molar-refractivity contribution >= 4 is 11.7 Å². The molecule has 3 nitrogen and oxygen atoms in total. The number of carbonyl (C=O) groups excluding carboxylic acids is 2. The Hall–Kier alpha value is -0.860. The van der Waals surface area contributed by atoms with Crippen molar-refractivity contribution in [2.45, 2.75) is 65.7 Å². The molecule has 0 fully saturated rings. The third-order valence-electron chi connectivity index (χ3n) is 3.06. The summed E-state index contributed by atoms with van der Waals surface area (Å²) in [6, 6.07) is 0. The van der Waals surface area contributed by atoms with Crippen LogP contribution in [0.15, 0.2) is 0 Å². The van der Waals surface area contributed by atoms with E-state index in [4.69, 9.17) is 0 Å². The summed E-state index contributed by atoms with van der Waals surface area (Å²) in [5, 5.41) is 2.88. The summed E-state index contributed by atoms with van der Waals surface area (Å²) in [5.74, 6) is 0.727. The van der Waals surface area contributed by atoms with Crippen LogP contribution in [0.5, 0.6) is 0 Å². The van der Waals surface area contributed by atoms with Crippen molar-refractivity contribution < 1.29 is 9.59 Å². The van der Waals surface area contributed by atoms with E-state index >= 15 is 0 Å². The lowest BCUT2D eigenvalue weighted by Gasteiger charge is -2.07. The number of rotatable bonds is 10. The SMILES string of the molecule is CCCC(=O)NCCCCCC(=O)C(C)CC. The quantitative estimate of drug-likeness (QED) is 0.597. The van der Waals surface area contributed by atoms with Crippen LogP contribution in [0.1, 0.15) is 65.7 Å². The number of hydrogen-bond acceptors (Lipinski definition) is 2. The zero-order valence-electron chi connectivity index (χ0n) is 11.6. The van der Waals surface area contributed by atoms with E-state index in [1.807, 2.05) is 20.8 Å². The summed E-state index contributed by atoms with van der Waals surface area (Å²) < 4.78 is 0. The first-order chi connectivity index (χ1) is 8.11. The van der Waals surface area contributed by atoms with Gasteiger partial charge < -0.3 is 5.32 Å². The van der Waals surface area contributed by atoms with Crippen LogP contribution in [-0.2, 0) is 9.59 Å². The molecule has 0 aromatic rings. The number of hydrogen-bond donors (Lipinski definition) is 1. The first-order valence-electron chi connectivity index (χ1n) is 6.91. The van der Waals surface area contributed by atoms with Gasteiger partial charge in [0.25, 0.3) is 0 Å². The molecule has 0 saturated carbocycles. The fourth-order valence-electron chi connectivity index (χ4n) is 1.62. The molecule has 0 aliphatic rings. The molecule has 0 saturated heterocycles. The third-order valence-corrected chi connectivity index (χ3v) is 3.06. The largest absolute Gasteiger partial charge is 0.356 e. The number of Topliss-reactive ketones (excluding diaryl/α,β-unsaturated/α-hetero) is 1. The minimum atomic E-state index is 0.142. The van der Waals surface area contributed by atoms with E-state index in [9.17, 15) is 9.59 Å². The Morgan fingerprint density at radius 1 is 1.06 bits per heavy atom. The van der Waals surface area contributed by atoms with Gasteiger partial charge in [0.15, 0.2) is 0 Å². The summed E-state index contributed by atoms with van der Waals surface area (Å²) in [4.78, 5) is 22.7. The molecule has 0 bridgehead atoms. The topological polar surface area (TPSA) is 46.2 Å². The molecule has 17 heavy (non-hydrogen) atoms. The van der Waals surface area contributed by atoms with Crippen LogP contribution in [0.25, 0.3) is 0 Å². The fourth-order valence-corrected chi connectivity index (χ4v) is 1.62. The number of nitrogens with one attached hydrogen (secondary N) is 1. The molecule has 1 atom stereocenters. The lowest BCUT2D eigenvalue weighted by molar-refractivity contribution is -0.123. The summed E-state index contributed by atoms with van der Waals surface area (Å²) in [7, 11) is 0. The standard InChI is InChI=1S/C14H27NO2/c1-4-9-14(17)15-11-8-6-7-10-13(16)12(3)5-2/h12H,4-11H2,1-3H3,(H,15,17). The predicted octanol–water partition coefficient (Wildman–Crippen LogP) is 3.08. The minimum Gasteiger partial charge on any atom is -0.356 e. The summed E-state index contributed by atoms with van der Waals surface area (Å²) in [6.07, 6.45) is 6.09. The van der Waals surface area contributed by atoms with Crippen LogP contribution in [0.3, 0.4) is 0 Å². The number of carbonyl (C=O) groups is 2. The van der Waals surface area contributed by atoms with Crippen LogP contribution >= 0.6 is 0 Å². The molecule has 1 unspecified atom stereocenters. The molecule has 0 aliphatic heterocycles. The Bertz CT molecular complexity index is 226. The van der Waals surface area contributed by atoms with Crippen molar-refractivity contribution in [1.82, 2.24) is 5.32 Å². The zero-order chi connectivity index (χ0) is 13.1. The Morgan fingerprint density at radius 3 is 2.35 bits per heavy atom. The second-order valence-corrected chi connectivity index (χ2v) is 4.69. The molecule has 0 heterocycles. The normalized spacial score (nSPS) is 12.2. The first kappa shape index (κ1) is 16.1. The second-order valence-electron chi connectivity index (χ2n) is 4.69. The maximum Gasteiger partial charge on any atom is 0.219 e. The number of unbranched alkanes of at least 4 members (excludes halogenated alkanes) is 2. The van der Waals surface area contributed by atoms with Gasteiger partial charge in [-0.2, -0.15) is 0 Å². The van der Waals surface area contributed by atoms with Gasteiger partial charge in [-0.05, 0) is 25.7 Å². The van der Waals surface area contributed by atoms with Crippen molar-refractivity contribution in [1.29, 1.82) is 0 Å². The molecule has 3 heteroatoms. The van der Waals surface area contributed by atoms with E-state index < -0.39 is 0 Å².